The summed E-state index contributed by atoms with van der Waals surface area (Å²) in [6.07, 6.45) is 1.38. The molecule has 1 aromatic heterocycles. The summed E-state index contributed by atoms with van der Waals surface area (Å²) >= 11 is 0. The van der Waals surface area contributed by atoms with Crippen molar-refractivity contribution in [2.45, 2.75) is 26.4 Å². The van der Waals surface area contributed by atoms with Crippen LogP contribution in [0.2, 0.25) is 0 Å². The van der Waals surface area contributed by atoms with Crippen LogP contribution in [0.25, 0.3) is 10.9 Å². The summed E-state index contributed by atoms with van der Waals surface area (Å²) in [5.41, 5.74) is 2.10. The van der Waals surface area contributed by atoms with Gasteiger partial charge in [-0.25, -0.2) is 9.37 Å². The van der Waals surface area contributed by atoms with Gasteiger partial charge in [-0.15, -0.1) is 0 Å². The smallest absolute Gasteiger partial charge is 0.261 e. The zero-order chi connectivity index (χ0) is 18.0. The normalized spacial score (nSPS) is 12.1. The molecule has 0 saturated carbocycles. The van der Waals surface area contributed by atoms with Gasteiger partial charge in [0.05, 0.1) is 23.3 Å². The number of hydrogen-bond donors (Lipinski definition) is 1. The molecule has 3 aromatic rings. The number of aryl methyl sites for hydroxylation is 1. The number of halogens is 1. The lowest BCUT2D eigenvalue weighted by molar-refractivity contribution is -0.122. The van der Waals surface area contributed by atoms with Gasteiger partial charge >= 0.3 is 0 Å². The number of carbonyl (C=O) groups is 1. The molecule has 25 heavy (non-hydrogen) atoms. The summed E-state index contributed by atoms with van der Waals surface area (Å²) in [7, 11) is 0. The van der Waals surface area contributed by atoms with E-state index in [1.165, 1.54) is 23.0 Å². The second-order valence-corrected chi connectivity index (χ2v) is 6.04. The van der Waals surface area contributed by atoms with Crippen LogP contribution in [-0.4, -0.2) is 15.5 Å². The first kappa shape index (κ1) is 16.8. The number of amides is 1. The second-order valence-electron chi connectivity index (χ2n) is 6.04. The van der Waals surface area contributed by atoms with Crippen LogP contribution in [0.5, 0.6) is 0 Å². The second kappa shape index (κ2) is 6.84. The van der Waals surface area contributed by atoms with Crippen molar-refractivity contribution in [2.75, 3.05) is 0 Å². The maximum atomic E-state index is 13.0. The number of fused-ring (bicyclic) bond motifs is 1. The van der Waals surface area contributed by atoms with Crippen molar-refractivity contribution in [1.29, 1.82) is 0 Å². The van der Waals surface area contributed by atoms with Gasteiger partial charge in [0.2, 0.25) is 5.91 Å². The topological polar surface area (TPSA) is 64.0 Å². The first-order chi connectivity index (χ1) is 11.9. The van der Waals surface area contributed by atoms with Gasteiger partial charge in [0.15, 0.2) is 0 Å². The van der Waals surface area contributed by atoms with Crippen molar-refractivity contribution in [3.63, 3.8) is 0 Å². The average molecular weight is 339 g/mol. The molecule has 6 heteroatoms. The molecular weight excluding hydrogens is 321 g/mol. The minimum atomic E-state index is -0.327. The van der Waals surface area contributed by atoms with E-state index in [1.54, 1.807) is 31.2 Å². The number of carbonyl (C=O) groups excluding carboxylic acids is 1. The summed E-state index contributed by atoms with van der Waals surface area (Å²) in [5.74, 6) is -0.640. The Morgan fingerprint density at radius 3 is 2.68 bits per heavy atom. The fourth-order valence-electron chi connectivity index (χ4n) is 2.66. The molecule has 0 unspecified atom stereocenters. The first-order valence-corrected chi connectivity index (χ1v) is 7.94. The largest absolute Gasteiger partial charge is 0.348 e. The van der Waals surface area contributed by atoms with Gasteiger partial charge in [-0.2, -0.15) is 0 Å². The molecule has 0 aliphatic carbocycles. The highest BCUT2D eigenvalue weighted by Gasteiger charge is 2.12. The Bertz CT molecular complexity index is 980. The molecular formula is C19H18FN3O2. The van der Waals surface area contributed by atoms with E-state index < -0.39 is 0 Å². The molecule has 5 nitrogen and oxygen atoms in total. The van der Waals surface area contributed by atoms with Gasteiger partial charge in [-0.05, 0) is 43.7 Å². The molecule has 0 fully saturated rings. The minimum Gasteiger partial charge on any atom is -0.348 e. The first-order valence-electron chi connectivity index (χ1n) is 7.94. The molecule has 0 saturated heterocycles. The lowest BCUT2D eigenvalue weighted by Crippen LogP contribution is -2.34. The number of hydrogen-bond acceptors (Lipinski definition) is 3. The highest BCUT2D eigenvalue weighted by Crippen LogP contribution is 2.13. The van der Waals surface area contributed by atoms with E-state index in [0.717, 1.165) is 11.1 Å². The lowest BCUT2D eigenvalue weighted by atomic mass is 10.1. The third-order valence-corrected chi connectivity index (χ3v) is 4.04. The van der Waals surface area contributed by atoms with E-state index in [-0.39, 0.29) is 29.9 Å². The van der Waals surface area contributed by atoms with Crippen LogP contribution in [0, 0.1) is 12.7 Å². The van der Waals surface area contributed by atoms with E-state index in [0.29, 0.717) is 10.9 Å². The van der Waals surface area contributed by atoms with Crippen molar-refractivity contribution < 1.29 is 9.18 Å². The molecule has 128 valence electrons. The molecule has 3 rings (SSSR count). The molecule has 0 radical (unpaired) electrons. The predicted octanol–water partition coefficient (Wildman–Crippen LogP) is 2.72. The molecule has 1 heterocycles. The van der Waals surface area contributed by atoms with Crippen molar-refractivity contribution in [2.24, 2.45) is 0 Å². The molecule has 0 aliphatic heterocycles. The number of nitrogens with zero attached hydrogens (tertiary/aromatic N) is 2. The van der Waals surface area contributed by atoms with Gasteiger partial charge in [0.25, 0.3) is 5.56 Å². The van der Waals surface area contributed by atoms with Crippen LogP contribution in [0.4, 0.5) is 4.39 Å². The van der Waals surface area contributed by atoms with Gasteiger partial charge in [0, 0.05) is 0 Å². The summed E-state index contributed by atoms with van der Waals surface area (Å²) in [4.78, 5) is 29.0. The number of rotatable bonds is 4. The summed E-state index contributed by atoms with van der Waals surface area (Å²) in [6, 6.07) is 11.1. The van der Waals surface area contributed by atoms with Gasteiger partial charge in [-0.3, -0.25) is 14.2 Å². The van der Waals surface area contributed by atoms with Crippen LogP contribution in [0.15, 0.2) is 53.6 Å². The van der Waals surface area contributed by atoms with E-state index >= 15 is 0 Å². The van der Waals surface area contributed by atoms with E-state index in [1.807, 2.05) is 13.0 Å². The fraction of sp³-hybridized carbons (Fsp3) is 0.211. The molecule has 0 bridgehead atoms. The van der Waals surface area contributed by atoms with Gasteiger partial charge in [0.1, 0.15) is 12.4 Å². The Labute approximate surface area is 144 Å². The maximum absolute atomic E-state index is 13.0. The quantitative estimate of drug-likeness (QED) is 0.795. The minimum absolute atomic E-state index is 0.124. The third-order valence-electron chi connectivity index (χ3n) is 4.04. The van der Waals surface area contributed by atoms with E-state index in [2.05, 4.69) is 10.3 Å². The van der Waals surface area contributed by atoms with Crippen molar-refractivity contribution in [3.8, 4) is 0 Å². The Kier molecular flexibility index (Phi) is 4.61. The highest BCUT2D eigenvalue weighted by atomic mass is 19.1. The Hall–Kier alpha value is -3.02. The van der Waals surface area contributed by atoms with Crippen molar-refractivity contribution in [1.82, 2.24) is 14.9 Å². The Morgan fingerprint density at radius 2 is 1.96 bits per heavy atom. The lowest BCUT2D eigenvalue weighted by Gasteiger charge is -2.15. The van der Waals surface area contributed by atoms with E-state index in [4.69, 9.17) is 0 Å². The number of nitrogens with one attached hydrogen (secondary N) is 1. The van der Waals surface area contributed by atoms with Crippen LogP contribution in [-0.2, 0) is 11.3 Å². The van der Waals surface area contributed by atoms with Crippen LogP contribution >= 0.6 is 0 Å². The predicted molar refractivity (Wildman–Crippen MR) is 93.7 cm³/mol. The molecule has 1 amide bonds. The zero-order valence-corrected chi connectivity index (χ0v) is 14.0. The summed E-state index contributed by atoms with van der Waals surface area (Å²) in [6.45, 7) is 3.57. The fourth-order valence-corrected chi connectivity index (χ4v) is 2.66. The van der Waals surface area contributed by atoms with Gasteiger partial charge < -0.3 is 5.32 Å². The zero-order valence-electron chi connectivity index (χ0n) is 14.0. The maximum Gasteiger partial charge on any atom is 0.261 e. The molecule has 1 N–H and O–H groups in total. The summed E-state index contributed by atoms with van der Waals surface area (Å²) < 4.78 is 14.3. The Morgan fingerprint density at radius 1 is 1.24 bits per heavy atom. The Balaban J connectivity index is 1.76. The SMILES string of the molecule is Cc1ccc2ncn(CC(=O)N[C@@H](C)c3ccc(F)cc3)c(=O)c2c1. The highest BCUT2D eigenvalue weighted by molar-refractivity contribution is 5.79. The van der Waals surface area contributed by atoms with Crippen LogP contribution in [0.3, 0.4) is 0 Å². The molecule has 0 aliphatic rings. The molecule has 0 spiro atoms. The average Bonchev–Trinajstić information content (AvgIpc) is 2.58. The monoisotopic (exact) mass is 339 g/mol. The molecule has 2 aromatic carbocycles. The van der Waals surface area contributed by atoms with E-state index in [9.17, 15) is 14.0 Å². The molecule has 1 atom stereocenters. The van der Waals surface area contributed by atoms with Crippen molar-refractivity contribution in [3.05, 3.63) is 76.1 Å². The standard InChI is InChI=1S/C19H18FN3O2/c1-12-3-8-17-16(9-12)19(25)23(11-21-17)10-18(24)22-13(2)14-4-6-15(20)7-5-14/h3-9,11,13H,10H2,1-2H3,(H,22,24)/t13-/m0/s1. The van der Waals surface area contributed by atoms with Gasteiger partial charge in [-0.1, -0.05) is 23.8 Å². The summed E-state index contributed by atoms with van der Waals surface area (Å²) in [5, 5.41) is 3.29. The number of aromatic nitrogens is 2. The van der Waals surface area contributed by atoms with Crippen molar-refractivity contribution >= 4 is 16.8 Å². The van der Waals surface area contributed by atoms with Crippen LogP contribution < -0.4 is 10.9 Å². The van der Waals surface area contributed by atoms with Crippen LogP contribution in [0.1, 0.15) is 24.1 Å². The number of benzene rings is 2. The third kappa shape index (κ3) is 3.74.